The predicted molar refractivity (Wildman–Crippen MR) is 84.8 cm³/mol. The fourth-order valence-electron chi connectivity index (χ4n) is 2.97. The van der Waals surface area contributed by atoms with E-state index in [0.717, 1.165) is 13.0 Å². The van der Waals surface area contributed by atoms with Gasteiger partial charge in [-0.2, -0.15) is 0 Å². The first kappa shape index (κ1) is 15.3. The molecule has 0 saturated heterocycles. The molecule has 1 aliphatic carbocycles. The van der Waals surface area contributed by atoms with Crippen molar-refractivity contribution in [3.05, 3.63) is 29.9 Å². The minimum absolute atomic E-state index is 0.607. The highest BCUT2D eigenvalue weighted by Gasteiger charge is 2.13. The van der Waals surface area contributed by atoms with E-state index < -0.39 is 0 Å². The monoisotopic (exact) mass is 275 g/mol. The van der Waals surface area contributed by atoms with Gasteiger partial charge in [-0.25, -0.2) is 4.98 Å². The van der Waals surface area contributed by atoms with Gasteiger partial charge < -0.3 is 9.88 Å². The molecular formula is C17H29N3. The molecule has 0 bridgehead atoms. The van der Waals surface area contributed by atoms with Crippen LogP contribution in [-0.4, -0.2) is 22.1 Å². The molecule has 0 spiro atoms. The smallest absolute Gasteiger partial charge is 0.108 e. The molecule has 3 heteroatoms. The molecule has 112 valence electrons. The van der Waals surface area contributed by atoms with Crippen LogP contribution in [-0.2, 0) is 13.5 Å². The van der Waals surface area contributed by atoms with Crippen molar-refractivity contribution >= 4 is 0 Å². The number of hydrogen-bond acceptors (Lipinski definition) is 2. The molecule has 0 radical (unpaired) electrons. The Labute approximate surface area is 123 Å². The molecule has 0 aliphatic heterocycles. The number of imidazole rings is 1. The second-order valence-electron chi connectivity index (χ2n) is 5.96. The first-order valence-electron chi connectivity index (χ1n) is 8.17. The lowest BCUT2D eigenvalue weighted by Gasteiger charge is -2.22. The Morgan fingerprint density at radius 2 is 2.30 bits per heavy atom. The maximum atomic E-state index is 4.44. The second kappa shape index (κ2) is 8.25. The lowest BCUT2D eigenvalue weighted by Crippen LogP contribution is -2.31. The Balaban J connectivity index is 1.85. The van der Waals surface area contributed by atoms with Crippen molar-refractivity contribution in [3.8, 4) is 0 Å². The summed E-state index contributed by atoms with van der Waals surface area (Å²) in [6.45, 7) is 3.36. The number of aromatic nitrogens is 2. The van der Waals surface area contributed by atoms with Gasteiger partial charge in [0.15, 0.2) is 0 Å². The Bertz CT molecular complexity index is 420. The van der Waals surface area contributed by atoms with Gasteiger partial charge in [-0.05, 0) is 51.5 Å². The summed E-state index contributed by atoms with van der Waals surface area (Å²) >= 11 is 0. The van der Waals surface area contributed by atoms with E-state index in [1.165, 1.54) is 50.8 Å². The lowest BCUT2D eigenvalue weighted by molar-refractivity contribution is 0.460. The third kappa shape index (κ3) is 4.78. The van der Waals surface area contributed by atoms with Gasteiger partial charge in [0.05, 0.1) is 0 Å². The van der Waals surface area contributed by atoms with Gasteiger partial charge in [0.1, 0.15) is 5.82 Å². The van der Waals surface area contributed by atoms with Crippen molar-refractivity contribution in [1.29, 1.82) is 0 Å². The predicted octanol–water partition coefficient (Wildman–Crippen LogP) is 3.61. The van der Waals surface area contributed by atoms with Crippen LogP contribution in [0.25, 0.3) is 0 Å². The van der Waals surface area contributed by atoms with Gasteiger partial charge in [0, 0.05) is 31.9 Å². The maximum absolute atomic E-state index is 4.44. The Kier molecular flexibility index (Phi) is 6.31. The summed E-state index contributed by atoms with van der Waals surface area (Å²) in [6.07, 6.45) is 16.5. The molecule has 3 nitrogen and oxygen atoms in total. The molecule has 0 amide bonds. The third-order valence-electron chi connectivity index (χ3n) is 4.21. The summed E-state index contributed by atoms with van der Waals surface area (Å²) in [5.41, 5.74) is 1.67. The molecule has 1 unspecified atom stereocenters. The van der Waals surface area contributed by atoms with Gasteiger partial charge in [-0.1, -0.05) is 18.6 Å². The van der Waals surface area contributed by atoms with Crippen LogP contribution < -0.4 is 5.32 Å². The topological polar surface area (TPSA) is 29.9 Å². The summed E-state index contributed by atoms with van der Waals surface area (Å²) in [5.74, 6) is 1.20. The third-order valence-corrected chi connectivity index (χ3v) is 4.21. The van der Waals surface area contributed by atoms with Gasteiger partial charge in [0.2, 0.25) is 0 Å². The Morgan fingerprint density at radius 3 is 2.95 bits per heavy atom. The van der Waals surface area contributed by atoms with Crippen LogP contribution >= 0.6 is 0 Å². The van der Waals surface area contributed by atoms with Gasteiger partial charge in [-0.3, -0.25) is 0 Å². The lowest BCUT2D eigenvalue weighted by atomic mass is 9.92. The molecule has 2 rings (SSSR count). The molecular weight excluding hydrogens is 246 g/mol. The number of rotatable bonds is 8. The van der Waals surface area contributed by atoms with Crippen LogP contribution in [0.1, 0.15) is 57.7 Å². The molecule has 20 heavy (non-hydrogen) atoms. The van der Waals surface area contributed by atoms with Crippen molar-refractivity contribution in [2.75, 3.05) is 6.54 Å². The second-order valence-corrected chi connectivity index (χ2v) is 5.96. The van der Waals surface area contributed by atoms with E-state index in [9.17, 15) is 0 Å². The van der Waals surface area contributed by atoms with Crippen LogP contribution in [0.4, 0.5) is 0 Å². The van der Waals surface area contributed by atoms with Gasteiger partial charge >= 0.3 is 0 Å². The number of nitrogens with one attached hydrogen (secondary N) is 1. The van der Waals surface area contributed by atoms with Crippen molar-refractivity contribution in [3.63, 3.8) is 0 Å². The van der Waals surface area contributed by atoms with Crippen molar-refractivity contribution < 1.29 is 0 Å². The van der Waals surface area contributed by atoms with Crippen molar-refractivity contribution in [2.45, 2.75) is 64.3 Å². The van der Waals surface area contributed by atoms with Crippen LogP contribution in [0.15, 0.2) is 24.0 Å². The minimum Gasteiger partial charge on any atom is -0.338 e. The average Bonchev–Trinajstić information content (AvgIpc) is 2.88. The van der Waals surface area contributed by atoms with Gasteiger partial charge in [0.25, 0.3) is 0 Å². The summed E-state index contributed by atoms with van der Waals surface area (Å²) in [7, 11) is 2.08. The quantitative estimate of drug-likeness (QED) is 0.735. The van der Waals surface area contributed by atoms with Crippen LogP contribution in [0.2, 0.25) is 0 Å². The number of hydrogen-bond donors (Lipinski definition) is 1. The van der Waals surface area contributed by atoms with Crippen LogP contribution in [0.3, 0.4) is 0 Å². The highest BCUT2D eigenvalue weighted by molar-refractivity contribution is 5.07. The zero-order valence-electron chi connectivity index (χ0n) is 13.1. The standard InChI is InChI=1S/C17H29N3/c1-3-11-18-16(14-15-7-5-4-6-8-15)9-10-17-19-12-13-20(17)2/h7,12-13,16,18H,3-6,8-11,14H2,1-2H3. The molecule has 1 heterocycles. The van der Waals surface area contributed by atoms with E-state index in [1.807, 2.05) is 12.4 Å². The number of allylic oxidation sites excluding steroid dienone is 1. The SMILES string of the molecule is CCCNC(CCc1nccn1C)CC1=CCCCC1. The van der Waals surface area contributed by atoms with E-state index in [-0.39, 0.29) is 0 Å². The Morgan fingerprint density at radius 1 is 1.40 bits per heavy atom. The zero-order valence-corrected chi connectivity index (χ0v) is 13.1. The average molecular weight is 275 g/mol. The number of nitrogens with zero attached hydrogens (tertiary/aromatic N) is 2. The van der Waals surface area contributed by atoms with Crippen molar-refractivity contribution in [2.24, 2.45) is 7.05 Å². The molecule has 0 saturated carbocycles. The normalized spacial score (nSPS) is 17.0. The molecule has 1 aromatic rings. The first-order valence-corrected chi connectivity index (χ1v) is 8.17. The molecule has 1 aromatic heterocycles. The zero-order chi connectivity index (χ0) is 14.2. The maximum Gasteiger partial charge on any atom is 0.108 e. The van der Waals surface area contributed by atoms with Crippen LogP contribution in [0.5, 0.6) is 0 Å². The van der Waals surface area contributed by atoms with E-state index in [2.05, 4.69) is 34.9 Å². The summed E-state index contributed by atoms with van der Waals surface area (Å²) in [5, 5.41) is 3.72. The summed E-state index contributed by atoms with van der Waals surface area (Å²) < 4.78 is 2.14. The highest BCUT2D eigenvalue weighted by atomic mass is 15.0. The Hall–Kier alpha value is -1.09. The van der Waals surface area contributed by atoms with E-state index in [1.54, 1.807) is 5.57 Å². The van der Waals surface area contributed by atoms with Crippen molar-refractivity contribution in [1.82, 2.24) is 14.9 Å². The molecule has 1 aliphatic rings. The van der Waals surface area contributed by atoms with Crippen LogP contribution in [0, 0.1) is 0 Å². The fraction of sp³-hybridized carbons (Fsp3) is 0.706. The summed E-state index contributed by atoms with van der Waals surface area (Å²) in [4.78, 5) is 4.44. The first-order chi connectivity index (χ1) is 9.79. The van der Waals surface area contributed by atoms with Gasteiger partial charge in [-0.15, -0.1) is 0 Å². The molecule has 1 atom stereocenters. The molecule has 0 aromatic carbocycles. The largest absolute Gasteiger partial charge is 0.338 e. The van der Waals surface area contributed by atoms with E-state index >= 15 is 0 Å². The van der Waals surface area contributed by atoms with E-state index in [0.29, 0.717) is 6.04 Å². The number of aryl methyl sites for hydroxylation is 2. The summed E-state index contributed by atoms with van der Waals surface area (Å²) in [6, 6.07) is 0.607. The molecule has 1 N–H and O–H groups in total. The minimum atomic E-state index is 0.607. The fourth-order valence-corrected chi connectivity index (χ4v) is 2.97. The molecule has 0 fully saturated rings. The van der Waals surface area contributed by atoms with E-state index in [4.69, 9.17) is 0 Å². The highest BCUT2D eigenvalue weighted by Crippen LogP contribution is 2.22.